The van der Waals surface area contributed by atoms with Crippen LogP contribution in [0.15, 0.2) is 46.8 Å². The Morgan fingerprint density at radius 3 is 2.30 bits per heavy atom. The fraction of sp³-hybridized carbons (Fsp3) is 0.455. The normalized spacial score (nSPS) is 14.3. The van der Waals surface area contributed by atoms with Gasteiger partial charge in [-0.1, -0.05) is 12.1 Å². The summed E-state index contributed by atoms with van der Waals surface area (Å²) in [6.45, 7) is 10.1. The molecule has 6 nitrogen and oxygen atoms in total. The van der Waals surface area contributed by atoms with E-state index in [1.807, 2.05) is 50.1 Å². The van der Waals surface area contributed by atoms with Gasteiger partial charge in [0.1, 0.15) is 0 Å². The zero-order valence-electron chi connectivity index (χ0n) is 18.0. The van der Waals surface area contributed by atoms with Crippen LogP contribution in [0.1, 0.15) is 29.8 Å². The van der Waals surface area contributed by atoms with Gasteiger partial charge in [-0.2, -0.15) is 0 Å². The molecule has 0 radical (unpaired) electrons. The van der Waals surface area contributed by atoms with Crippen molar-refractivity contribution in [2.24, 2.45) is 4.99 Å². The van der Waals surface area contributed by atoms with Crippen molar-refractivity contribution in [3.63, 3.8) is 0 Å². The molecule has 3 rings (SSSR count). The van der Waals surface area contributed by atoms with Crippen molar-refractivity contribution in [1.82, 2.24) is 15.1 Å². The molecule has 1 fully saturated rings. The number of nitrogens with one attached hydrogen (secondary N) is 1. The number of rotatable bonds is 6. The van der Waals surface area contributed by atoms with E-state index in [1.54, 1.807) is 11.3 Å². The van der Waals surface area contributed by atoms with Crippen LogP contribution in [0.3, 0.4) is 0 Å². The number of guanidine groups is 1. The first-order valence-electron chi connectivity index (χ1n) is 10.3. The second kappa shape index (κ2) is 12.1. The second-order valence-corrected chi connectivity index (χ2v) is 7.93. The summed E-state index contributed by atoms with van der Waals surface area (Å²) in [5.41, 5.74) is 1.88. The number of thiophene rings is 1. The number of hydrogen-bond acceptors (Lipinski definition) is 4. The summed E-state index contributed by atoms with van der Waals surface area (Å²) in [7, 11) is 1.83. The monoisotopic (exact) mass is 541 g/mol. The quantitative estimate of drug-likeness (QED) is 0.344. The van der Waals surface area contributed by atoms with Gasteiger partial charge in [0, 0.05) is 58.4 Å². The molecule has 1 saturated heterocycles. The van der Waals surface area contributed by atoms with Crippen molar-refractivity contribution >= 4 is 52.2 Å². The van der Waals surface area contributed by atoms with Gasteiger partial charge in [0.05, 0.1) is 5.00 Å². The van der Waals surface area contributed by atoms with Crippen LogP contribution >= 0.6 is 35.3 Å². The lowest BCUT2D eigenvalue weighted by molar-refractivity contribution is 0.0773. The van der Waals surface area contributed by atoms with Crippen LogP contribution in [-0.2, 0) is 6.54 Å². The van der Waals surface area contributed by atoms with Gasteiger partial charge in [-0.25, -0.2) is 0 Å². The summed E-state index contributed by atoms with van der Waals surface area (Å²) >= 11 is 1.79. The minimum atomic E-state index is 0. The molecule has 2 aromatic rings. The molecule has 1 aromatic carbocycles. The highest BCUT2D eigenvalue weighted by Crippen LogP contribution is 2.22. The van der Waals surface area contributed by atoms with Crippen molar-refractivity contribution < 1.29 is 4.79 Å². The average Bonchev–Trinajstić information content (AvgIpc) is 3.31. The van der Waals surface area contributed by atoms with Crippen LogP contribution in [0.5, 0.6) is 0 Å². The van der Waals surface area contributed by atoms with E-state index >= 15 is 0 Å². The Kier molecular flexibility index (Phi) is 9.90. The zero-order valence-corrected chi connectivity index (χ0v) is 21.2. The first-order chi connectivity index (χ1) is 14.2. The van der Waals surface area contributed by atoms with Crippen LogP contribution in [0, 0.1) is 0 Å². The zero-order chi connectivity index (χ0) is 20.6. The summed E-state index contributed by atoms with van der Waals surface area (Å²) in [4.78, 5) is 23.5. The summed E-state index contributed by atoms with van der Waals surface area (Å²) < 4.78 is 0. The Hall–Kier alpha value is -1.81. The molecule has 0 spiro atoms. The summed E-state index contributed by atoms with van der Waals surface area (Å²) in [5.74, 6) is 1.02. The molecule has 0 atom stereocenters. The molecule has 1 aromatic heterocycles. The largest absolute Gasteiger partial charge is 0.360 e. The first kappa shape index (κ1) is 24.5. The van der Waals surface area contributed by atoms with Crippen LogP contribution in [0.4, 0.5) is 5.00 Å². The molecule has 0 unspecified atom stereocenters. The van der Waals surface area contributed by atoms with Crippen LogP contribution < -0.4 is 10.2 Å². The van der Waals surface area contributed by atoms with Gasteiger partial charge in [-0.05, 0) is 49.1 Å². The molecular weight excluding hydrogens is 509 g/mol. The maximum absolute atomic E-state index is 12.4. The molecular formula is C22H32IN5OS. The molecule has 1 aliphatic rings. The Balaban J connectivity index is 0.00000320. The van der Waals surface area contributed by atoms with E-state index in [0.717, 1.165) is 56.4 Å². The molecule has 30 heavy (non-hydrogen) atoms. The fourth-order valence-electron chi connectivity index (χ4n) is 3.56. The maximum atomic E-state index is 12.4. The predicted octanol–water partition coefficient (Wildman–Crippen LogP) is 3.75. The predicted molar refractivity (Wildman–Crippen MR) is 137 cm³/mol. The molecule has 1 N–H and O–H groups in total. The number of benzene rings is 1. The molecule has 0 bridgehead atoms. The number of amides is 1. The summed E-state index contributed by atoms with van der Waals surface area (Å²) in [6.07, 6.45) is 0. The molecule has 0 aliphatic carbocycles. The van der Waals surface area contributed by atoms with Gasteiger partial charge in [0.25, 0.3) is 5.91 Å². The average molecular weight is 542 g/mol. The second-order valence-electron chi connectivity index (χ2n) is 7.00. The number of halogens is 1. The number of piperazine rings is 1. The van der Waals surface area contributed by atoms with E-state index in [4.69, 9.17) is 0 Å². The highest BCUT2D eigenvalue weighted by Gasteiger charge is 2.20. The third-order valence-electron chi connectivity index (χ3n) is 5.31. The van der Waals surface area contributed by atoms with Crippen molar-refractivity contribution in [1.29, 1.82) is 0 Å². The van der Waals surface area contributed by atoms with E-state index < -0.39 is 0 Å². The van der Waals surface area contributed by atoms with Gasteiger partial charge in [0.2, 0.25) is 0 Å². The molecule has 2 heterocycles. The van der Waals surface area contributed by atoms with Gasteiger partial charge < -0.3 is 20.0 Å². The van der Waals surface area contributed by atoms with Crippen LogP contribution in [-0.4, -0.2) is 68.0 Å². The number of hydrogen-bond donors (Lipinski definition) is 1. The van der Waals surface area contributed by atoms with Crippen LogP contribution in [0.2, 0.25) is 0 Å². The summed E-state index contributed by atoms with van der Waals surface area (Å²) in [5, 5.41) is 6.93. The van der Waals surface area contributed by atoms with E-state index in [2.05, 4.69) is 37.6 Å². The molecule has 0 saturated carbocycles. The minimum Gasteiger partial charge on any atom is -0.360 e. The van der Waals surface area contributed by atoms with Gasteiger partial charge in [-0.15, -0.1) is 35.3 Å². The Bertz CT molecular complexity index is 797. The van der Waals surface area contributed by atoms with Crippen molar-refractivity contribution in [3.8, 4) is 0 Å². The number of anilines is 1. The topological polar surface area (TPSA) is 51.2 Å². The molecule has 8 heteroatoms. The highest BCUT2D eigenvalue weighted by molar-refractivity contribution is 14.0. The lowest BCUT2D eigenvalue weighted by Gasteiger charge is -2.37. The maximum Gasteiger partial charge on any atom is 0.253 e. The number of nitrogens with zero attached hydrogens (tertiary/aromatic N) is 4. The lowest BCUT2D eigenvalue weighted by atomic mass is 10.1. The standard InChI is InChI=1S/C22H31N5OS.HI/c1-4-25(5-2)21(28)19-10-8-18(9-11-19)17-24-22(23-3)27-14-12-26(13-15-27)20-7-6-16-29-20;/h6-11,16H,4-5,12-15,17H2,1-3H3,(H,23,24);1H. The highest BCUT2D eigenvalue weighted by atomic mass is 127. The minimum absolute atomic E-state index is 0. The van der Waals surface area contributed by atoms with Crippen molar-refractivity contribution in [2.75, 3.05) is 51.2 Å². The smallest absolute Gasteiger partial charge is 0.253 e. The van der Waals surface area contributed by atoms with Crippen LogP contribution in [0.25, 0.3) is 0 Å². The summed E-state index contributed by atoms with van der Waals surface area (Å²) in [6, 6.07) is 12.2. The van der Waals surface area contributed by atoms with Gasteiger partial charge >= 0.3 is 0 Å². The van der Waals surface area contributed by atoms with E-state index in [9.17, 15) is 4.79 Å². The molecule has 164 valence electrons. The van der Waals surface area contributed by atoms with E-state index in [-0.39, 0.29) is 29.9 Å². The first-order valence-corrected chi connectivity index (χ1v) is 11.2. The number of carbonyl (C=O) groups excluding carboxylic acids is 1. The van der Waals surface area contributed by atoms with Crippen molar-refractivity contribution in [3.05, 3.63) is 52.9 Å². The van der Waals surface area contributed by atoms with Crippen molar-refractivity contribution in [2.45, 2.75) is 20.4 Å². The molecule has 1 amide bonds. The number of carbonyl (C=O) groups is 1. The number of aliphatic imine (C=N–C) groups is 1. The fourth-order valence-corrected chi connectivity index (χ4v) is 4.35. The van der Waals surface area contributed by atoms with Gasteiger partial charge in [0.15, 0.2) is 5.96 Å². The van der Waals surface area contributed by atoms with E-state index in [1.165, 1.54) is 5.00 Å². The Morgan fingerprint density at radius 1 is 1.10 bits per heavy atom. The lowest BCUT2D eigenvalue weighted by Crippen LogP contribution is -2.52. The molecule has 1 aliphatic heterocycles. The van der Waals surface area contributed by atoms with E-state index in [0.29, 0.717) is 6.54 Å². The van der Waals surface area contributed by atoms with Gasteiger partial charge in [-0.3, -0.25) is 9.79 Å². The third-order valence-corrected chi connectivity index (χ3v) is 6.24. The Labute approximate surface area is 201 Å². The Morgan fingerprint density at radius 2 is 1.77 bits per heavy atom. The SMILES string of the molecule is CCN(CC)C(=O)c1ccc(CNC(=NC)N2CCN(c3cccs3)CC2)cc1.I. The third kappa shape index (κ3) is 6.10.